The molecule has 140 valence electrons. The number of aryl methyl sites for hydroxylation is 1. The first kappa shape index (κ1) is 17.7. The molecule has 1 atom stereocenters. The van der Waals surface area contributed by atoms with Gasteiger partial charge in [0.25, 0.3) is 5.56 Å². The molecule has 6 nitrogen and oxygen atoms in total. The first-order valence-corrected chi connectivity index (χ1v) is 9.81. The number of fused-ring (bicyclic) bond motifs is 3. The number of hydrogen-bond acceptors (Lipinski definition) is 5. The number of methoxy groups -OCH3 is 1. The van der Waals surface area contributed by atoms with Crippen LogP contribution in [0.3, 0.4) is 0 Å². The zero-order valence-electron chi connectivity index (χ0n) is 15.3. The summed E-state index contributed by atoms with van der Waals surface area (Å²) >= 11 is 1.61. The minimum absolute atomic E-state index is 0.0825. The number of nitrogens with zero attached hydrogens (tertiary/aromatic N) is 2. The lowest BCUT2D eigenvalue weighted by Crippen LogP contribution is -2.28. The maximum atomic E-state index is 13.0. The topological polar surface area (TPSA) is 73.2 Å². The Morgan fingerprint density at radius 2 is 2.22 bits per heavy atom. The minimum Gasteiger partial charge on any atom is -0.495 e. The molecule has 1 aliphatic carbocycles. The van der Waals surface area contributed by atoms with Gasteiger partial charge in [-0.3, -0.25) is 14.2 Å². The predicted molar refractivity (Wildman–Crippen MR) is 107 cm³/mol. The predicted octanol–water partition coefficient (Wildman–Crippen LogP) is 3.23. The summed E-state index contributed by atoms with van der Waals surface area (Å²) in [7, 11) is 1.55. The van der Waals surface area contributed by atoms with Gasteiger partial charge in [0.05, 0.1) is 24.5 Å². The van der Waals surface area contributed by atoms with Gasteiger partial charge >= 0.3 is 0 Å². The Balaban J connectivity index is 1.62. The van der Waals surface area contributed by atoms with Gasteiger partial charge in [0.2, 0.25) is 5.91 Å². The number of thiophene rings is 1. The van der Waals surface area contributed by atoms with Crippen molar-refractivity contribution < 1.29 is 9.53 Å². The molecule has 1 aliphatic rings. The summed E-state index contributed by atoms with van der Waals surface area (Å²) in [5.74, 6) is 0.924. The fourth-order valence-corrected chi connectivity index (χ4v) is 4.91. The van der Waals surface area contributed by atoms with Crippen molar-refractivity contribution in [1.29, 1.82) is 0 Å². The lowest BCUT2D eigenvalue weighted by Gasteiger charge is -2.17. The van der Waals surface area contributed by atoms with Crippen molar-refractivity contribution in [2.24, 2.45) is 5.92 Å². The zero-order chi connectivity index (χ0) is 19.0. The summed E-state index contributed by atoms with van der Waals surface area (Å²) in [5, 5.41) is 3.49. The highest BCUT2D eigenvalue weighted by molar-refractivity contribution is 7.18. The summed E-state index contributed by atoms with van der Waals surface area (Å²) in [4.78, 5) is 31.9. The van der Waals surface area contributed by atoms with Crippen LogP contribution in [-0.4, -0.2) is 22.6 Å². The number of aromatic nitrogens is 2. The van der Waals surface area contributed by atoms with E-state index in [9.17, 15) is 9.59 Å². The van der Waals surface area contributed by atoms with Crippen LogP contribution >= 0.6 is 11.3 Å². The molecule has 7 heteroatoms. The summed E-state index contributed by atoms with van der Waals surface area (Å²) in [5.41, 5.74) is 1.57. The van der Waals surface area contributed by atoms with Crippen molar-refractivity contribution in [1.82, 2.24) is 9.55 Å². The molecule has 1 aromatic carbocycles. The molecule has 1 N–H and O–H groups in total. The van der Waals surface area contributed by atoms with Gasteiger partial charge in [-0.15, -0.1) is 11.3 Å². The van der Waals surface area contributed by atoms with Gasteiger partial charge < -0.3 is 10.1 Å². The van der Waals surface area contributed by atoms with Gasteiger partial charge in [0, 0.05) is 4.88 Å². The van der Waals surface area contributed by atoms with E-state index in [1.807, 2.05) is 12.1 Å². The highest BCUT2D eigenvalue weighted by Gasteiger charge is 2.23. The number of nitrogens with one attached hydrogen (secondary N) is 1. The highest BCUT2D eigenvalue weighted by Crippen LogP contribution is 2.35. The minimum atomic E-state index is -0.291. The largest absolute Gasteiger partial charge is 0.495 e. The quantitative estimate of drug-likeness (QED) is 0.751. The van der Waals surface area contributed by atoms with E-state index in [0.29, 0.717) is 22.7 Å². The molecule has 2 aromatic heterocycles. The Labute approximate surface area is 160 Å². The third-order valence-electron chi connectivity index (χ3n) is 4.98. The number of carbonyl (C=O) groups excluding carboxylic acids is 1. The number of rotatable bonds is 4. The van der Waals surface area contributed by atoms with Crippen molar-refractivity contribution in [2.45, 2.75) is 32.7 Å². The van der Waals surface area contributed by atoms with Crippen molar-refractivity contribution in [3.8, 4) is 5.75 Å². The Morgan fingerprint density at radius 3 is 3.04 bits per heavy atom. The van der Waals surface area contributed by atoms with E-state index in [-0.39, 0.29) is 18.0 Å². The molecule has 0 aliphatic heterocycles. The average molecular weight is 383 g/mol. The van der Waals surface area contributed by atoms with Crippen molar-refractivity contribution in [2.75, 3.05) is 12.4 Å². The van der Waals surface area contributed by atoms with Crippen molar-refractivity contribution in [3.05, 3.63) is 51.4 Å². The lowest BCUT2D eigenvalue weighted by atomic mass is 9.89. The molecule has 0 radical (unpaired) electrons. The van der Waals surface area contributed by atoms with E-state index in [1.165, 1.54) is 15.8 Å². The van der Waals surface area contributed by atoms with Crippen LogP contribution in [0.1, 0.15) is 23.8 Å². The van der Waals surface area contributed by atoms with Crippen LogP contribution in [0.4, 0.5) is 5.69 Å². The zero-order valence-corrected chi connectivity index (χ0v) is 16.1. The maximum absolute atomic E-state index is 13.0. The third-order valence-corrected chi connectivity index (χ3v) is 6.14. The van der Waals surface area contributed by atoms with Crippen LogP contribution in [0.2, 0.25) is 0 Å². The van der Waals surface area contributed by atoms with E-state index in [0.717, 1.165) is 29.7 Å². The maximum Gasteiger partial charge on any atom is 0.262 e. The fourth-order valence-electron chi connectivity index (χ4n) is 3.57. The van der Waals surface area contributed by atoms with Gasteiger partial charge in [0.15, 0.2) is 0 Å². The summed E-state index contributed by atoms with van der Waals surface area (Å²) in [6, 6.07) is 7.18. The number of para-hydroxylation sites is 2. The van der Waals surface area contributed by atoms with Crippen LogP contribution < -0.4 is 15.6 Å². The number of benzene rings is 1. The fraction of sp³-hybridized carbons (Fsp3) is 0.350. The van der Waals surface area contributed by atoms with E-state index in [4.69, 9.17) is 4.74 Å². The van der Waals surface area contributed by atoms with E-state index >= 15 is 0 Å². The highest BCUT2D eigenvalue weighted by atomic mass is 32.1. The molecule has 0 fully saturated rings. The third kappa shape index (κ3) is 3.35. The van der Waals surface area contributed by atoms with Gasteiger partial charge in [-0.25, -0.2) is 4.98 Å². The lowest BCUT2D eigenvalue weighted by molar-refractivity contribution is -0.116. The molecular weight excluding hydrogens is 362 g/mol. The monoisotopic (exact) mass is 383 g/mol. The molecule has 0 unspecified atom stereocenters. The van der Waals surface area contributed by atoms with Crippen molar-refractivity contribution in [3.63, 3.8) is 0 Å². The Hall–Kier alpha value is -2.67. The second-order valence-corrected chi connectivity index (χ2v) is 8.04. The number of hydrogen-bond donors (Lipinski definition) is 1. The summed E-state index contributed by atoms with van der Waals surface area (Å²) < 4.78 is 6.63. The van der Waals surface area contributed by atoms with E-state index < -0.39 is 0 Å². The van der Waals surface area contributed by atoms with Crippen LogP contribution in [0, 0.1) is 5.92 Å². The summed E-state index contributed by atoms with van der Waals surface area (Å²) in [6.07, 6.45) is 4.47. The molecule has 0 bridgehead atoms. The van der Waals surface area contributed by atoms with E-state index in [2.05, 4.69) is 17.2 Å². The molecule has 0 saturated carbocycles. The van der Waals surface area contributed by atoms with E-state index in [1.54, 1.807) is 30.6 Å². The number of ether oxygens (including phenoxy) is 1. The first-order valence-electron chi connectivity index (χ1n) is 8.99. The number of carbonyl (C=O) groups is 1. The second kappa shape index (κ2) is 7.15. The van der Waals surface area contributed by atoms with Crippen LogP contribution in [0.5, 0.6) is 5.75 Å². The number of anilines is 1. The normalized spacial score (nSPS) is 16.1. The average Bonchev–Trinajstić information content (AvgIpc) is 3.02. The van der Waals surface area contributed by atoms with Crippen molar-refractivity contribution >= 4 is 33.1 Å². The van der Waals surface area contributed by atoms with Crippen LogP contribution in [0.25, 0.3) is 10.2 Å². The smallest absolute Gasteiger partial charge is 0.262 e. The molecule has 4 rings (SSSR count). The molecule has 1 amide bonds. The number of amides is 1. The first-order chi connectivity index (χ1) is 13.1. The molecule has 2 heterocycles. The summed E-state index contributed by atoms with van der Waals surface area (Å²) in [6.45, 7) is 2.15. The molecular formula is C20H21N3O3S. The van der Waals surface area contributed by atoms with Crippen LogP contribution in [-0.2, 0) is 24.2 Å². The molecule has 0 spiro atoms. The Bertz CT molecular complexity index is 1070. The van der Waals surface area contributed by atoms with Gasteiger partial charge in [0.1, 0.15) is 17.1 Å². The van der Waals surface area contributed by atoms with Gasteiger partial charge in [-0.05, 0) is 42.9 Å². The molecule has 27 heavy (non-hydrogen) atoms. The Kier molecular flexibility index (Phi) is 4.70. The van der Waals surface area contributed by atoms with Gasteiger partial charge in [-0.1, -0.05) is 19.1 Å². The van der Waals surface area contributed by atoms with Gasteiger partial charge in [-0.2, -0.15) is 0 Å². The van der Waals surface area contributed by atoms with Crippen LogP contribution in [0.15, 0.2) is 35.4 Å². The SMILES string of the molecule is COc1ccccc1NC(=O)Cn1cnc2sc3c(c2c1=O)CC[C@@H](C)C3. The standard InChI is InChI=1S/C20H21N3O3S/c1-12-7-8-13-16(9-12)27-19-18(13)20(25)23(11-21-19)10-17(24)22-14-5-3-4-6-15(14)26-2/h3-6,11-12H,7-10H2,1-2H3,(H,22,24)/t12-/m1/s1. The second-order valence-electron chi connectivity index (χ2n) is 6.96. The Morgan fingerprint density at radius 1 is 1.41 bits per heavy atom. The molecule has 3 aromatic rings. The molecule has 0 saturated heterocycles.